The molecule has 522 valence electrons. The number of fused-ring (bicyclic) bond motifs is 6. The van der Waals surface area contributed by atoms with Crippen LogP contribution in [0, 0.1) is 41.5 Å². The average Bonchev–Trinajstić information content (AvgIpc) is 1.57. The molecular weight excluding hydrogens is 1170 g/mol. The number of hydrogen-bond acceptors (Lipinski definition) is 10. The molecule has 0 bridgehead atoms. The van der Waals surface area contributed by atoms with Crippen LogP contribution in [0.2, 0.25) is 0 Å². The summed E-state index contributed by atoms with van der Waals surface area (Å²) in [5, 5.41) is 0. The molecular formula is C84H126O10. The summed E-state index contributed by atoms with van der Waals surface area (Å²) < 4.78 is 57.4. The fraction of sp³-hybridized carbons (Fsp3) is 0.476. The Morgan fingerprint density at radius 3 is 1.22 bits per heavy atom. The maximum absolute atomic E-state index is 5.99. The van der Waals surface area contributed by atoms with Gasteiger partial charge in [-0.05, 0) is 179 Å². The third-order valence-corrected chi connectivity index (χ3v) is 14.0. The summed E-state index contributed by atoms with van der Waals surface area (Å²) in [6.45, 7) is 57.4. The lowest BCUT2D eigenvalue weighted by Crippen LogP contribution is -2.38. The van der Waals surface area contributed by atoms with E-state index in [1.165, 1.54) is 22.3 Å². The normalized spacial score (nSPS) is 16.2. The van der Waals surface area contributed by atoms with E-state index in [1.807, 2.05) is 249 Å². The van der Waals surface area contributed by atoms with Gasteiger partial charge in [-0.2, -0.15) is 0 Å². The van der Waals surface area contributed by atoms with Gasteiger partial charge in [0.2, 0.25) is 0 Å². The van der Waals surface area contributed by atoms with Gasteiger partial charge in [0.15, 0.2) is 46.0 Å². The van der Waals surface area contributed by atoms with Gasteiger partial charge in [0.1, 0.15) is 60.3 Å². The van der Waals surface area contributed by atoms with Crippen molar-refractivity contribution in [3.8, 4) is 57.5 Å². The first kappa shape index (κ1) is 86.3. The number of aryl methyl sites for hydroxylation is 7. The summed E-state index contributed by atoms with van der Waals surface area (Å²) in [6, 6.07) is 46.4. The summed E-state index contributed by atoms with van der Waals surface area (Å²) >= 11 is 0. The molecule has 1 atom stereocenters. The van der Waals surface area contributed by atoms with Crippen LogP contribution in [0.25, 0.3) is 6.08 Å². The highest BCUT2D eigenvalue weighted by Crippen LogP contribution is 2.46. The Kier molecular flexibility index (Phi) is 38.4. The van der Waals surface area contributed by atoms with E-state index in [9.17, 15) is 0 Å². The van der Waals surface area contributed by atoms with Gasteiger partial charge < -0.3 is 47.4 Å². The van der Waals surface area contributed by atoms with Gasteiger partial charge in [0.05, 0.1) is 0 Å². The van der Waals surface area contributed by atoms with E-state index in [4.69, 9.17) is 47.4 Å². The highest BCUT2D eigenvalue weighted by molar-refractivity contribution is 5.63. The van der Waals surface area contributed by atoms with Gasteiger partial charge in [-0.3, -0.25) is 0 Å². The number of hydrogen-bond donors (Lipinski definition) is 0. The summed E-state index contributed by atoms with van der Waals surface area (Å²) in [5.41, 5.74) is 9.95. The molecule has 10 heteroatoms. The Bertz CT molecular complexity index is 3210. The van der Waals surface area contributed by atoms with Crippen molar-refractivity contribution in [2.75, 3.05) is 26.4 Å². The number of ether oxygens (including phenoxy) is 10. The zero-order valence-corrected chi connectivity index (χ0v) is 61.8. The van der Waals surface area contributed by atoms with Crippen molar-refractivity contribution >= 4 is 6.08 Å². The molecule has 7 aromatic rings. The van der Waals surface area contributed by atoms with Crippen LogP contribution in [0.3, 0.4) is 0 Å². The zero-order valence-electron chi connectivity index (χ0n) is 61.8. The minimum atomic E-state index is -0.713. The molecule has 94 heavy (non-hydrogen) atoms. The average molecular weight is 1300 g/mol. The zero-order chi connectivity index (χ0) is 69.5. The molecule has 0 amide bonds. The third kappa shape index (κ3) is 25.5. The molecule has 0 fully saturated rings. The second kappa shape index (κ2) is 41.9. The maximum atomic E-state index is 5.99. The highest BCUT2D eigenvalue weighted by Gasteiger charge is 2.39. The minimum absolute atomic E-state index is 0. The largest absolute Gasteiger partial charge is 0.487 e. The smallest absolute Gasteiger partial charge is 0.275 e. The summed E-state index contributed by atoms with van der Waals surface area (Å²) in [7, 11) is 0. The van der Waals surface area contributed by atoms with Crippen LogP contribution < -0.4 is 47.4 Å². The molecule has 0 spiro atoms. The van der Waals surface area contributed by atoms with Gasteiger partial charge in [0, 0.05) is 18.1 Å². The molecule has 7 aromatic carbocycles. The van der Waals surface area contributed by atoms with E-state index in [0.29, 0.717) is 26.4 Å². The minimum Gasteiger partial charge on any atom is -0.487 e. The van der Waals surface area contributed by atoms with Crippen LogP contribution in [-0.4, -0.2) is 48.8 Å². The molecule has 0 aromatic heterocycles. The first-order chi connectivity index (χ1) is 43.9. The molecule has 6 heterocycles. The SMILES string of the molecule is C.C.CC.CC.CC.CC.CC.CC.Cc1cccc2c1OC(C)(C)C=C2.Cc1cccc2c1OC(C)(C)CC2.Cc1cccc2c1OC(C)(C)CO2.Cc1cccc2c1OC(C)(c1ccccc1)O2.Cc1cccc2c1OCC(C)(C)O2.Cc1cccc2c1OCCO2. The lowest BCUT2D eigenvalue weighted by atomic mass is 9.93. The van der Waals surface area contributed by atoms with Crippen LogP contribution in [0.4, 0.5) is 0 Å². The maximum Gasteiger partial charge on any atom is 0.275 e. The second-order valence-electron chi connectivity index (χ2n) is 23.6. The molecule has 13 rings (SSSR count). The quantitative estimate of drug-likeness (QED) is 0.158. The molecule has 1 unspecified atom stereocenters. The van der Waals surface area contributed by atoms with Gasteiger partial charge in [-0.15, -0.1) is 0 Å². The molecule has 0 aliphatic carbocycles. The van der Waals surface area contributed by atoms with Crippen molar-refractivity contribution in [1.82, 2.24) is 0 Å². The summed E-state index contributed by atoms with van der Waals surface area (Å²) in [4.78, 5) is 0. The van der Waals surface area contributed by atoms with E-state index in [0.717, 1.165) is 98.2 Å². The molecule has 0 radical (unpaired) electrons. The van der Waals surface area contributed by atoms with Gasteiger partial charge >= 0.3 is 0 Å². The van der Waals surface area contributed by atoms with E-state index in [2.05, 4.69) is 90.1 Å². The molecule has 0 N–H and O–H groups in total. The summed E-state index contributed by atoms with van der Waals surface area (Å²) in [6.07, 6.45) is 6.48. The van der Waals surface area contributed by atoms with Crippen molar-refractivity contribution in [3.63, 3.8) is 0 Å². The standard InChI is InChI=1S/C15H14O2.C12H16O.C12H14O.2C11H14O2.C9H10O2.6C2H6.2CH4/c1-11-7-6-10-13-14(11)17-15(2,16-13)12-8-4-3-5-9-12;2*1-9-5-4-6-10-7-8-12(2,3)13-11(9)10;1-8-5-4-6-9-10(8)12-7-11(2,3)13-9;1-8-5-4-6-9-10(8)13-11(2,3)7-12-9;1-7-3-2-4-8-9(7)11-6-5-10-8;6*1-2;;/h3-10H,1-2H3;4-6H,7-8H2,1-3H3;4-8H,1-3H3;2*4-6H,7H2,1-3H3;2-4H,5-6H2,1H3;6*1-2H3;2*1H4. The highest BCUT2D eigenvalue weighted by atomic mass is 16.7. The van der Waals surface area contributed by atoms with E-state index in [-0.39, 0.29) is 37.3 Å². The van der Waals surface area contributed by atoms with E-state index >= 15 is 0 Å². The monoisotopic (exact) mass is 1290 g/mol. The van der Waals surface area contributed by atoms with Crippen molar-refractivity contribution in [2.24, 2.45) is 0 Å². The topological polar surface area (TPSA) is 92.3 Å². The van der Waals surface area contributed by atoms with Crippen LogP contribution in [0.5, 0.6) is 57.5 Å². The van der Waals surface area contributed by atoms with Crippen LogP contribution in [0.1, 0.15) is 217 Å². The Morgan fingerprint density at radius 1 is 0.309 bits per heavy atom. The Labute approximate surface area is 573 Å². The summed E-state index contributed by atoms with van der Waals surface area (Å²) in [5.74, 6) is 8.35. The van der Waals surface area contributed by atoms with E-state index < -0.39 is 5.79 Å². The number of rotatable bonds is 1. The predicted octanol–water partition coefficient (Wildman–Crippen LogP) is 24.2. The molecule has 6 aliphatic rings. The van der Waals surface area contributed by atoms with E-state index in [1.54, 1.807) is 0 Å². The number of benzene rings is 7. The van der Waals surface area contributed by atoms with Crippen molar-refractivity contribution in [1.29, 1.82) is 0 Å². The lowest BCUT2D eigenvalue weighted by molar-refractivity contribution is -0.0682. The van der Waals surface area contributed by atoms with Crippen molar-refractivity contribution < 1.29 is 47.4 Å². The van der Waals surface area contributed by atoms with Crippen LogP contribution >= 0.6 is 0 Å². The van der Waals surface area contributed by atoms with Crippen LogP contribution in [0.15, 0.2) is 146 Å². The molecule has 10 nitrogen and oxygen atoms in total. The van der Waals surface area contributed by atoms with Crippen molar-refractivity contribution in [2.45, 2.75) is 243 Å². The fourth-order valence-corrected chi connectivity index (χ4v) is 9.58. The molecule has 6 aliphatic heterocycles. The Balaban J connectivity index is 0.00000107. The Hall–Kier alpha value is -7.72. The van der Waals surface area contributed by atoms with Gasteiger partial charge in [-0.1, -0.05) is 219 Å². The second-order valence-corrected chi connectivity index (χ2v) is 23.6. The van der Waals surface area contributed by atoms with Crippen LogP contribution in [-0.2, 0) is 12.2 Å². The predicted molar refractivity (Wildman–Crippen MR) is 402 cm³/mol. The Morgan fingerprint density at radius 2 is 0.702 bits per heavy atom. The van der Waals surface area contributed by atoms with Gasteiger partial charge in [0.25, 0.3) is 5.79 Å². The third-order valence-electron chi connectivity index (χ3n) is 14.0. The van der Waals surface area contributed by atoms with Gasteiger partial charge in [-0.25, -0.2) is 0 Å². The fourth-order valence-electron chi connectivity index (χ4n) is 9.58. The molecule has 0 saturated carbocycles. The molecule has 0 saturated heterocycles. The lowest BCUT2D eigenvalue weighted by Gasteiger charge is -2.33. The first-order valence-electron chi connectivity index (χ1n) is 33.9. The number of para-hydroxylation sites is 6. The first-order valence-corrected chi connectivity index (χ1v) is 33.9. The van der Waals surface area contributed by atoms with Crippen molar-refractivity contribution in [3.05, 3.63) is 196 Å².